The second-order valence-corrected chi connectivity index (χ2v) is 7.41. The Labute approximate surface area is 164 Å². The molecule has 1 saturated heterocycles. The van der Waals surface area contributed by atoms with Crippen molar-refractivity contribution in [1.29, 1.82) is 0 Å². The number of nitrogens with one attached hydrogen (secondary N) is 1. The van der Waals surface area contributed by atoms with Crippen molar-refractivity contribution in [2.75, 3.05) is 31.1 Å². The highest BCUT2D eigenvalue weighted by molar-refractivity contribution is 5.75. The minimum Gasteiger partial charge on any atom is -0.493 e. The van der Waals surface area contributed by atoms with E-state index in [9.17, 15) is 9.18 Å². The van der Waals surface area contributed by atoms with Crippen molar-refractivity contribution < 1.29 is 13.9 Å². The Hall–Kier alpha value is -2.83. The fourth-order valence-corrected chi connectivity index (χ4v) is 4.10. The van der Waals surface area contributed by atoms with Gasteiger partial charge in [-0.3, -0.25) is 4.98 Å². The fourth-order valence-electron chi connectivity index (χ4n) is 4.10. The molecule has 2 aliphatic rings. The number of rotatable bonds is 3. The topological polar surface area (TPSA) is 57.7 Å². The van der Waals surface area contributed by atoms with Crippen LogP contribution in [0.1, 0.15) is 31.0 Å². The Balaban J connectivity index is 1.41. The number of pyridine rings is 1. The van der Waals surface area contributed by atoms with Gasteiger partial charge in [-0.25, -0.2) is 9.18 Å². The molecule has 0 aliphatic carbocycles. The van der Waals surface area contributed by atoms with Crippen LogP contribution in [0.2, 0.25) is 0 Å². The average molecular weight is 384 g/mol. The number of anilines is 1. The van der Waals surface area contributed by atoms with Gasteiger partial charge in [0.25, 0.3) is 0 Å². The van der Waals surface area contributed by atoms with Crippen molar-refractivity contribution in [3.8, 4) is 5.75 Å². The minimum absolute atomic E-state index is 0.0293. The highest BCUT2D eigenvalue weighted by Crippen LogP contribution is 2.31. The van der Waals surface area contributed by atoms with Crippen LogP contribution in [0.4, 0.5) is 14.9 Å². The molecule has 0 unspecified atom stereocenters. The van der Waals surface area contributed by atoms with Crippen LogP contribution in [0.15, 0.2) is 36.7 Å². The molecule has 2 atom stereocenters. The molecule has 3 heterocycles. The molecule has 2 aromatic rings. The second-order valence-electron chi connectivity index (χ2n) is 7.41. The molecule has 6 nitrogen and oxygen atoms in total. The normalized spacial score (nSPS) is 19.8. The number of urea groups is 1. The number of aromatic nitrogens is 1. The predicted molar refractivity (Wildman–Crippen MR) is 105 cm³/mol. The van der Waals surface area contributed by atoms with Crippen LogP contribution in [-0.4, -0.2) is 48.2 Å². The fraction of sp³-hybridized carbons (Fsp3) is 0.429. The van der Waals surface area contributed by atoms with Crippen molar-refractivity contribution in [2.24, 2.45) is 0 Å². The van der Waals surface area contributed by atoms with Gasteiger partial charge < -0.3 is 19.9 Å². The molecule has 2 aliphatic heterocycles. The summed E-state index contributed by atoms with van der Waals surface area (Å²) in [5.41, 5.74) is 2.82. The number of hydrogen-bond acceptors (Lipinski definition) is 4. The Morgan fingerprint density at radius 1 is 1.36 bits per heavy atom. The summed E-state index contributed by atoms with van der Waals surface area (Å²) in [4.78, 5) is 20.5. The summed E-state index contributed by atoms with van der Waals surface area (Å²) < 4.78 is 19.6. The number of nitrogens with zero attached hydrogens (tertiary/aromatic N) is 3. The lowest BCUT2D eigenvalue weighted by molar-refractivity contribution is 0.168. The highest BCUT2D eigenvalue weighted by Gasteiger charge is 2.30. The summed E-state index contributed by atoms with van der Waals surface area (Å²) in [6.07, 6.45) is 3.69. The maximum absolute atomic E-state index is 14.0. The molecule has 148 valence electrons. The van der Waals surface area contributed by atoms with Crippen molar-refractivity contribution in [3.05, 3.63) is 53.6 Å². The van der Waals surface area contributed by atoms with E-state index in [0.717, 1.165) is 17.7 Å². The second kappa shape index (κ2) is 7.66. The van der Waals surface area contributed by atoms with Crippen molar-refractivity contribution >= 4 is 11.7 Å². The number of ether oxygens (including phenoxy) is 1. The molecule has 0 saturated carbocycles. The van der Waals surface area contributed by atoms with Gasteiger partial charge in [-0.05, 0) is 31.5 Å². The molecule has 4 rings (SSSR count). The van der Waals surface area contributed by atoms with Crippen LogP contribution in [-0.2, 0) is 6.42 Å². The van der Waals surface area contributed by atoms with Gasteiger partial charge in [0.15, 0.2) is 5.82 Å². The van der Waals surface area contributed by atoms with Crippen LogP contribution >= 0.6 is 0 Å². The Morgan fingerprint density at radius 2 is 2.21 bits per heavy atom. The third kappa shape index (κ3) is 3.48. The molecule has 0 bridgehead atoms. The Morgan fingerprint density at radius 3 is 3.00 bits per heavy atom. The third-order valence-electron chi connectivity index (χ3n) is 5.57. The molecule has 2 amide bonds. The van der Waals surface area contributed by atoms with E-state index in [-0.39, 0.29) is 23.9 Å². The van der Waals surface area contributed by atoms with Crippen LogP contribution in [0.25, 0.3) is 0 Å². The van der Waals surface area contributed by atoms with Crippen molar-refractivity contribution in [3.63, 3.8) is 0 Å². The molecule has 1 N–H and O–H groups in total. The molecule has 1 aromatic heterocycles. The lowest BCUT2D eigenvalue weighted by Crippen LogP contribution is -2.57. The summed E-state index contributed by atoms with van der Waals surface area (Å²) in [6.45, 7) is 6.39. The van der Waals surface area contributed by atoms with Gasteiger partial charge in [-0.15, -0.1) is 0 Å². The van der Waals surface area contributed by atoms with Crippen LogP contribution in [0.3, 0.4) is 0 Å². The van der Waals surface area contributed by atoms with Gasteiger partial charge in [0.1, 0.15) is 5.75 Å². The standard InChI is InChI=1S/C21H25FN4O2/c1-14-13-25(19-6-8-23-12-18(19)22)9-10-26(14)21(27)24-15(2)16-4-3-5-20-17(16)7-11-28-20/h3-6,8,12,14-15H,7,9-11,13H2,1-2H3,(H,24,27)/t14-,15-/m1/s1. The first-order valence-electron chi connectivity index (χ1n) is 9.70. The number of carbonyl (C=O) groups is 1. The van der Waals surface area contributed by atoms with Crippen LogP contribution in [0.5, 0.6) is 5.75 Å². The Bertz CT molecular complexity index is 875. The summed E-state index contributed by atoms with van der Waals surface area (Å²) in [7, 11) is 0. The zero-order valence-corrected chi connectivity index (χ0v) is 16.2. The van der Waals surface area contributed by atoms with E-state index in [2.05, 4.69) is 10.3 Å². The first-order chi connectivity index (χ1) is 13.5. The van der Waals surface area contributed by atoms with Crippen LogP contribution in [0, 0.1) is 5.82 Å². The van der Waals surface area contributed by atoms with Gasteiger partial charge in [0.05, 0.1) is 24.5 Å². The monoisotopic (exact) mass is 384 g/mol. The number of halogens is 1. The molecule has 1 aromatic carbocycles. The summed E-state index contributed by atoms with van der Waals surface area (Å²) in [5, 5.41) is 3.12. The highest BCUT2D eigenvalue weighted by atomic mass is 19.1. The van der Waals surface area contributed by atoms with Crippen LogP contribution < -0.4 is 15.0 Å². The lowest BCUT2D eigenvalue weighted by Gasteiger charge is -2.41. The predicted octanol–water partition coefficient (Wildman–Crippen LogP) is 3.14. The third-order valence-corrected chi connectivity index (χ3v) is 5.57. The SMILES string of the molecule is C[C@@H]1CN(c2ccncc2F)CCN1C(=O)N[C@H](C)c1cccc2c1CCO2. The molecule has 7 heteroatoms. The van der Waals surface area contributed by atoms with E-state index in [1.165, 1.54) is 11.8 Å². The quantitative estimate of drug-likeness (QED) is 0.883. The molecule has 0 spiro atoms. The molecule has 1 fully saturated rings. The maximum Gasteiger partial charge on any atom is 0.318 e. The lowest BCUT2D eigenvalue weighted by atomic mass is 9.99. The van der Waals surface area contributed by atoms with E-state index in [0.29, 0.717) is 31.9 Å². The number of hydrogen-bond donors (Lipinski definition) is 1. The zero-order chi connectivity index (χ0) is 19.7. The van der Waals surface area contributed by atoms with E-state index in [1.807, 2.05) is 41.8 Å². The van der Waals surface area contributed by atoms with Crippen molar-refractivity contribution in [1.82, 2.24) is 15.2 Å². The van der Waals surface area contributed by atoms with Gasteiger partial charge >= 0.3 is 6.03 Å². The van der Waals surface area contributed by atoms with Gasteiger partial charge in [-0.2, -0.15) is 0 Å². The maximum atomic E-state index is 14.0. The Kier molecular flexibility index (Phi) is 5.07. The van der Waals surface area contributed by atoms with Gasteiger partial charge in [-0.1, -0.05) is 12.1 Å². The minimum atomic E-state index is -0.332. The van der Waals surface area contributed by atoms with E-state index in [1.54, 1.807) is 12.3 Å². The first-order valence-corrected chi connectivity index (χ1v) is 9.70. The summed E-state index contributed by atoms with van der Waals surface area (Å²) in [6, 6.07) is 7.44. The van der Waals surface area contributed by atoms with Gasteiger partial charge in [0, 0.05) is 43.9 Å². The van der Waals surface area contributed by atoms with Crippen molar-refractivity contribution in [2.45, 2.75) is 32.4 Å². The van der Waals surface area contributed by atoms with Gasteiger partial charge in [0.2, 0.25) is 0 Å². The number of piperazine rings is 1. The molecular weight excluding hydrogens is 359 g/mol. The smallest absolute Gasteiger partial charge is 0.318 e. The summed E-state index contributed by atoms with van der Waals surface area (Å²) in [5.74, 6) is 0.585. The summed E-state index contributed by atoms with van der Waals surface area (Å²) >= 11 is 0. The number of benzene rings is 1. The van der Waals surface area contributed by atoms with E-state index in [4.69, 9.17) is 4.74 Å². The molecule has 0 radical (unpaired) electrons. The zero-order valence-electron chi connectivity index (χ0n) is 16.2. The number of carbonyl (C=O) groups excluding carboxylic acids is 1. The van der Waals surface area contributed by atoms with E-state index >= 15 is 0 Å². The molecular formula is C21H25FN4O2. The number of amides is 2. The van der Waals surface area contributed by atoms with E-state index < -0.39 is 0 Å². The largest absolute Gasteiger partial charge is 0.493 e. The number of fused-ring (bicyclic) bond motifs is 1. The average Bonchev–Trinajstić information content (AvgIpc) is 3.17. The molecule has 28 heavy (non-hydrogen) atoms. The first kappa shape index (κ1) is 18.5.